The smallest absolute Gasteiger partial charge is 0.251 e. The number of anilines is 1. The molecule has 1 amide bonds. The number of amides is 1. The van der Waals surface area contributed by atoms with Gasteiger partial charge in [0, 0.05) is 22.9 Å². The predicted octanol–water partition coefficient (Wildman–Crippen LogP) is 7.63. The van der Waals surface area contributed by atoms with Gasteiger partial charge < -0.3 is 11.1 Å². The average molecular weight is 511 g/mol. The van der Waals surface area contributed by atoms with Gasteiger partial charge in [0.25, 0.3) is 5.91 Å². The lowest BCUT2D eigenvalue weighted by atomic mass is 9.68. The Morgan fingerprint density at radius 1 is 0.895 bits per heavy atom. The van der Waals surface area contributed by atoms with Crippen LogP contribution in [0.3, 0.4) is 0 Å². The van der Waals surface area contributed by atoms with Crippen molar-refractivity contribution in [3.8, 4) is 11.1 Å². The van der Waals surface area contributed by atoms with E-state index in [-0.39, 0.29) is 11.9 Å². The molecule has 5 atom stereocenters. The molecule has 2 aromatic carbocycles. The molecule has 2 saturated carbocycles. The first-order valence-corrected chi connectivity index (χ1v) is 14.5. The Kier molecular flexibility index (Phi) is 8.11. The minimum atomic E-state index is -0.201. The van der Waals surface area contributed by atoms with Gasteiger partial charge >= 0.3 is 0 Å². The van der Waals surface area contributed by atoms with E-state index in [0.717, 1.165) is 51.8 Å². The molecule has 0 spiro atoms. The van der Waals surface area contributed by atoms with E-state index in [4.69, 9.17) is 15.7 Å². The fourth-order valence-electron chi connectivity index (χ4n) is 6.76. The monoisotopic (exact) mass is 510 g/mol. The Morgan fingerprint density at radius 2 is 1.55 bits per heavy atom. The Balaban J connectivity index is 1.27. The third kappa shape index (κ3) is 6.25. The molecule has 3 N–H and O–H groups in total. The van der Waals surface area contributed by atoms with Crippen molar-refractivity contribution in [3.63, 3.8) is 0 Å². The maximum atomic E-state index is 13.1. The van der Waals surface area contributed by atoms with Gasteiger partial charge in [-0.25, -0.2) is 9.97 Å². The quantitative estimate of drug-likeness (QED) is 0.346. The van der Waals surface area contributed by atoms with E-state index < -0.39 is 0 Å². The van der Waals surface area contributed by atoms with Crippen molar-refractivity contribution < 1.29 is 4.79 Å². The second-order valence-corrected chi connectivity index (χ2v) is 11.8. The molecule has 5 nitrogen and oxygen atoms in total. The van der Waals surface area contributed by atoms with Crippen molar-refractivity contribution in [1.82, 2.24) is 15.3 Å². The van der Waals surface area contributed by atoms with Gasteiger partial charge in [0.05, 0.1) is 11.7 Å². The highest BCUT2D eigenvalue weighted by molar-refractivity contribution is 5.94. The molecular weight excluding hydrogens is 468 g/mol. The van der Waals surface area contributed by atoms with Gasteiger partial charge in [0.1, 0.15) is 5.82 Å². The Labute approximate surface area is 227 Å². The lowest BCUT2D eigenvalue weighted by Gasteiger charge is -2.37. The number of nitrogens with zero attached hydrogens (tertiary/aromatic N) is 2. The molecule has 2 aliphatic carbocycles. The predicted molar refractivity (Wildman–Crippen MR) is 155 cm³/mol. The molecular formula is C33H42N4O. The molecule has 0 radical (unpaired) electrons. The number of fused-ring (bicyclic) bond motifs is 1. The Bertz CT molecular complexity index is 1240. The number of nitrogens with two attached hydrogens (primary N) is 1. The van der Waals surface area contributed by atoms with Crippen LogP contribution in [0.4, 0.5) is 5.69 Å². The molecule has 38 heavy (non-hydrogen) atoms. The lowest BCUT2D eigenvalue weighted by Crippen LogP contribution is -2.28. The molecule has 3 aromatic rings. The van der Waals surface area contributed by atoms with E-state index in [1.54, 1.807) is 0 Å². The third-order valence-corrected chi connectivity index (χ3v) is 8.82. The van der Waals surface area contributed by atoms with Crippen LogP contribution in [-0.4, -0.2) is 15.9 Å². The number of rotatable bonds is 5. The first kappa shape index (κ1) is 26.4. The summed E-state index contributed by atoms with van der Waals surface area (Å²) < 4.78 is 0. The van der Waals surface area contributed by atoms with Crippen LogP contribution < -0.4 is 11.1 Å². The molecule has 200 valence electrons. The average Bonchev–Trinajstić information content (AvgIpc) is 2.90. The van der Waals surface area contributed by atoms with Crippen molar-refractivity contribution in [2.24, 2.45) is 17.8 Å². The van der Waals surface area contributed by atoms with Crippen LogP contribution in [0.5, 0.6) is 0 Å². The summed E-state index contributed by atoms with van der Waals surface area (Å²) in [4.78, 5) is 22.7. The number of nitrogen functional groups attached to an aromatic ring is 1. The number of carbonyl (C=O) groups is 1. The molecule has 1 heterocycles. The SMILES string of the molecule is Cc1nc(C2CCC3CCCCC3CC(C)C2)cc([C@@H](C)NC(=O)c2ccc(-c3ccc(N)cc3)cc2)n1. The van der Waals surface area contributed by atoms with E-state index in [2.05, 4.69) is 18.3 Å². The molecule has 5 heteroatoms. The van der Waals surface area contributed by atoms with Gasteiger partial charge in [-0.2, -0.15) is 0 Å². The summed E-state index contributed by atoms with van der Waals surface area (Å²) >= 11 is 0. The number of nitrogens with one attached hydrogen (secondary N) is 1. The van der Waals surface area contributed by atoms with Crippen LogP contribution in [0, 0.1) is 24.7 Å². The number of carbonyl (C=O) groups excluding carboxylic acids is 1. The number of aromatic nitrogens is 2. The highest BCUT2D eigenvalue weighted by Crippen LogP contribution is 2.43. The van der Waals surface area contributed by atoms with Gasteiger partial charge in [-0.15, -0.1) is 0 Å². The summed E-state index contributed by atoms with van der Waals surface area (Å²) in [7, 11) is 0. The molecule has 0 saturated heterocycles. The van der Waals surface area contributed by atoms with Crippen LogP contribution in [-0.2, 0) is 0 Å². The highest BCUT2D eigenvalue weighted by Gasteiger charge is 2.31. The fourth-order valence-corrected chi connectivity index (χ4v) is 6.76. The zero-order valence-corrected chi connectivity index (χ0v) is 23.1. The molecule has 0 bridgehead atoms. The number of hydrogen-bond acceptors (Lipinski definition) is 4. The second kappa shape index (κ2) is 11.7. The van der Waals surface area contributed by atoms with E-state index in [1.165, 1.54) is 51.4 Å². The minimum Gasteiger partial charge on any atom is -0.399 e. The van der Waals surface area contributed by atoms with Crippen molar-refractivity contribution in [1.29, 1.82) is 0 Å². The first-order valence-electron chi connectivity index (χ1n) is 14.5. The van der Waals surface area contributed by atoms with Crippen LogP contribution in [0.25, 0.3) is 11.1 Å². The molecule has 0 aliphatic heterocycles. The van der Waals surface area contributed by atoms with E-state index >= 15 is 0 Å². The summed E-state index contributed by atoms with van der Waals surface area (Å²) in [6.45, 7) is 6.42. The lowest BCUT2D eigenvalue weighted by molar-refractivity contribution is 0.0939. The number of benzene rings is 2. The normalized spacial score (nSPS) is 24.5. The maximum absolute atomic E-state index is 13.1. The molecule has 4 unspecified atom stereocenters. The molecule has 5 rings (SSSR count). The van der Waals surface area contributed by atoms with Gasteiger partial charge in [0.15, 0.2) is 0 Å². The molecule has 2 aliphatic rings. The zero-order chi connectivity index (χ0) is 26.6. The van der Waals surface area contributed by atoms with Gasteiger partial charge in [-0.1, -0.05) is 56.9 Å². The van der Waals surface area contributed by atoms with Crippen molar-refractivity contribution in [3.05, 3.63) is 77.4 Å². The van der Waals surface area contributed by atoms with Crippen molar-refractivity contribution >= 4 is 11.6 Å². The minimum absolute atomic E-state index is 0.0953. The van der Waals surface area contributed by atoms with Crippen molar-refractivity contribution in [2.75, 3.05) is 5.73 Å². The maximum Gasteiger partial charge on any atom is 0.251 e. The Hall–Kier alpha value is -3.21. The third-order valence-electron chi connectivity index (χ3n) is 8.82. The standard InChI is InChI=1S/C33H42N4O/c1-21-18-28-7-5-4-6-24(28)10-13-29(19-21)32-20-31(36-23(3)37-32)22(2)35-33(38)27-11-8-25(9-12-27)26-14-16-30(34)17-15-26/h8-9,11-12,14-17,20-22,24,28-29H,4-7,10,13,18-19,34H2,1-3H3,(H,35,38)/t21?,22-,24?,28?,29?/m1/s1. The van der Waals surface area contributed by atoms with E-state index in [0.29, 0.717) is 11.5 Å². The number of aryl methyl sites for hydroxylation is 1. The topological polar surface area (TPSA) is 80.9 Å². The molecule has 1 aromatic heterocycles. The van der Waals surface area contributed by atoms with Crippen molar-refractivity contribution in [2.45, 2.75) is 84.1 Å². The van der Waals surface area contributed by atoms with Crippen LogP contribution in [0.15, 0.2) is 54.6 Å². The largest absolute Gasteiger partial charge is 0.399 e. The van der Waals surface area contributed by atoms with Gasteiger partial charge in [0.2, 0.25) is 0 Å². The molecule has 2 fully saturated rings. The summed E-state index contributed by atoms with van der Waals surface area (Å²) in [6, 6.07) is 17.4. The summed E-state index contributed by atoms with van der Waals surface area (Å²) in [5.74, 6) is 3.70. The second-order valence-electron chi connectivity index (χ2n) is 11.8. The van der Waals surface area contributed by atoms with Crippen LogP contribution in [0.1, 0.15) is 105 Å². The Morgan fingerprint density at radius 3 is 2.26 bits per heavy atom. The van der Waals surface area contributed by atoms with Crippen LogP contribution in [0.2, 0.25) is 0 Å². The summed E-state index contributed by atoms with van der Waals surface area (Å²) in [5, 5.41) is 3.16. The summed E-state index contributed by atoms with van der Waals surface area (Å²) in [5.41, 5.74) is 11.4. The zero-order valence-electron chi connectivity index (χ0n) is 23.1. The first-order chi connectivity index (χ1) is 18.4. The highest BCUT2D eigenvalue weighted by atomic mass is 16.1. The van der Waals surface area contributed by atoms with Crippen LogP contribution >= 0.6 is 0 Å². The number of hydrogen-bond donors (Lipinski definition) is 2. The van der Waals surface area contributed by atoms with E-state index in [1.807, 2.05) is 62.4 Å². The summed E-state index contributed by atoms with van der Waals surface area (Å²) in [6.07, 6.45) is 10.7. The van der Waals surface area contributed by atoms with Gasteiger partial charge in [-0.05, 0) is 98.7 Å². The van der Waals surface area contributed by atoms with E-state index in [9.17, 15) is 4.79 Å². The van der Waals surface area contributed by atoms with Gasteiger partial charge in [-0.3, -0.25) is 4.79 Å². The fraction of sp³-hybridized carbons (Fsp3) is 0.485.